The van der Waals surface area contributed by atoms with Crippen molar-refractivity contribution in [2.45, 2.75) is 51.4 Å². The van der Waals surface area contributed by atoms with E-state index in [1.54, 1.807) is 11.0 Å². The minimum absolute atomic E-state index is 0.0268. The molecule has 1 amide bonds. The smallest absolute Gasteiger partial charge is 0.410 e. The number of ether oxygens (including phenoxy) is 2. The number of morpholine rings is 1. The van der Waals surface area contributed by atoms with E-state index in [9.17, 15) is 14.7 Å². The van der Waals surface area contributed by atoms with Crippen LogP contribution in [0.2, 0.25) is 0 Å². The van der Waals surface area contributed by atoms with Crippen molar-refractivity contribution in [3.63, 3.8) is 0 Å². The molecule has 0 spiro atoms. The van der Waals surface area contributed by atoms with Crippen molar-refractivity contribution in [3.05, 3.63) is 28.8 Å². The van der Waals surface area contributed by atoms with E-state index in [1.165, 1.54) is 0 Å². The normalized spacial score (nSPS) is 23.2. The largest absolute Gasteiger partial charge is 0.507 e. The molecular weight excluding hydrogens is 310 g/mol. The predicted molar refractivity (Wildman–Crippen MR) is 87.4 cm³/mol. The lowest BCUT2D eigenvalue weighted by atomic mass is 9.83. The standard InChI is InChI=1S/C18H23NO5/c1-18(2,3)24-17(22)19-6-7-23-15-9-13-11(8-14(15)19)4-5-12(10-20)16(13)21/h4-5,10,14-15,21H,6-9H2,1-3H3/t14-,15-/m1/s1. The number of carbonyl (C=O) groups excluding carboxylic acids is 2. The van der Waals surface area contributed by atoms with Crippen LogP contribution in [0.15, 0.2) is 12.1 Å². The van der Waals surface area contributed by atoms with Crippen LogP contribution in [0.4, 0.5) is 4.79 Å². The van der Waals surface area contributed by atoms with Gasteiger partial charge in [0, 0.05) is 18.5 Å². The van der Waals surface area contributed by atoms with Crippen LogP contribution in [0.3, 0.4) is 0 Å². The van der Waals surface area contributed by atoms with Crippen molar-refractivity contribution in [2.24, 2.45) is 0 Å². The second-order valence-electron chi connectivity index (χ2n) is 7.32. The highest BCUT2D eigenvalue weighted by Gasteiger charge is 2.41. The highest BCUT2D eigenvalue weighted by molar-refractivity contribution is 5.80. The molecule has 1 aromatic carbocycles. The molecule has 6 nitrogen and oxygen atoms in total. The van der Waals surface area contributed by atoms with Crippen LogP contribution in [-0.2, 0) is 22.3 Å². The van der Waals surface area contributed by atoms with Crippen LogP contribution in [0.25, 0.3) is 0 Å². The summed E-state index contributed by atoms with van der Waals surface area (Å²) >= 11 is 0. The number of aldehydes is 1. The number of carbonyl (C=O) groups is 2. The second-order valence-corrected chi connectivity index (χ2v) is 7.32. The fourth-order valence-corrected chi connectivity index (χ4v) is 3.40. The third-order valence-corrected chi connectivity index (χ3v) is 4.49. The van der Waals surface area contributed by atoms with Gasteiger partial charge in [0.25, 0.3) is 0 Å². The van der Waals surface area contributed by atoms with E-state index in [1.807, 2.05) is 26.8 Å². The van der Waals surface area contributed by atoms with Gasteiger partial charge in [-0.1, -0.05) is 6.07 Å². The van der Waals surface area contributed by atoms with E-state index in [0.717, 1.165) is 11.1 Å². The van der Waals surface area contributed by atoms with Gasteiger partial charge in [0.05, 0.1) is 24.3 Å². The number of phenolic OH excluding ortho intramolecular Hbond substituents is 1. The van der Waals surface area contributed by atoms with Crippen molar-refractivity contribution >= 4 is 12.4 Å². The summed E-state index contributed by atoms with van der Waals surface area (Å²) < 4.78 is 11.3. The first-order valence-electron chi connectivity index (χ1n) is 8.20. The van der Waals surface area contributed by atoms with Crippen molar-refractivity contribution in [2.75, 3.05) is 13.2 Å². The van der Waals surface area contributed by atoms with Gasteiger partial charge < -0.3 is 14.6 Å². The summed E-state index contributed by atoms with van der Waals surface area (Å²) in [5.41, 5.74) is 1.42. The van der Waals surface area contributed by atoms with E-state index in [4.69, 9.17) is 9.47 Å². The molecule has 0 radical (unpaired) electrons. The quantitative estimate of drug-likeness (QED) is 0.798. The molecule has 24 heavy (non-hydrogen) atoms. The van der Waals surface area contributed by atoms with Gasteiger partial charge in [-0.15, -0.1) is 0 Å². The van der Waals surface area contributed by atoms with Crippen LogP contribution in [-0.4, -0.2) is 53.3 Å². The lowest BCUT2D eigenvalue weighted by Gasteiger charge is -2.44. The maximum atomic E-state index is 12.5. The number of rotatable bonds is 1. The Labute approximate surface area is 141 Å². The molecule has 1 saturated heterocycles. The van der Waals surface area contributed by atoms with Gasteiger partial charge >= 0.3 is 6.09 Å². The summed E-state index contributed by atoms with van der Waals surface area (Å²) in [6.07, 6.45) is 1.17. The van der Waals surface area contributed by atoms with Gasteiger partial charge in [-0.05, 0) is 38.8 Å². The molecular formula is C18H23NO5. The zero-order valence-electron chi connectivity index (χ0n) is 14.2. The summed E-state index contributed by atoms with van der Waals surface area (Å²) in [7, 11) is 0. The average molecular weight is 333 g/mol. The molecule has 6 heteroatoms. The maximum Gasteiger partial charge on any atom is 0.410 e. The van der Waals surface area contributed by atoms with Gasteiger partial charge in [0.2, 0.25) is 0 Å². The van der Waals surface area contributed by atoms with Crippen LogP contribution in [0, 0.1) is 0 Å². The number of phenols is 1. The van der Waals surface area contributed by atoms with E-state index in [2.05, 4.69) is 0 Å². The Bertz CT molecular complexity index is 664. The maximum absolute atomic E-state index is 12.5. The Kier molecular flexibility index (Phi) is 4.25. The molecule has 3 rings (SSSR count). The minimum atomic E-state index is -0.547. The zero-order chi connectivity index (χ0) is 17.5. The molecule has 0 unspecified atom stereocenters. The Balaban J connectivity index is 1.87. The second kappa shape index (κ2) is 6.09. The fraction of sp³-hybridized carbons (Fsp3) is 0.556. The number of aromatic hydroxyl groups is 1. The average Bonchev–Trinajstić information content (AvgIpc) is 2.51. The Morgan fingerprint density at radius 2 is 2.12 bits per heavy atom. The monoisotopic (exact) mass is 333 g/mol. The van der Waals surface area contributed by atoms with E-state index in [0.29, 0.717) is 32.3 Å². The Hall–Kier alpha value is -2.08. The number of hydrogen-bond acceptors (Lipinski definition) is 5. The number of amides is 1. The molecule has 1 aliphatic heterocycles. The van der Waals surface area contributed by atoms with Gasteiger partial charge in [0.15, 0.2) is 6.29 Å². The molecule has 1 aliphatic carbocycles. The van der Waals surface area contributed by atoms with Crippen molar-refractivity contribution < 1.29 is 24.2 Å². The first-order chi connectivity index (χ1) is 11.3. The van der Waals surface area contributed by atoms with Crippen molar-refractivity contribution in [3.8, 4) is 5.75 Å². The topological polar surface area (TPSA) is 76.1 Å². The summed E-state index contributed by atoms with van der Waals surface area (Å²) in [6.45, 7) is 6.46. The van der Waals surface area contributed by atoms with Crippen LogP contribution < -0.4 is 0 Å². The summed E-state index contributed by atoms with van der Waals surface area (Å²) in [6, 6.07) is 3.34. The molecule has 1 fully saturated rings. The molecule has 0 aromatic heterocycles. The zero-order valence-corrected chi connectivity index (χ0v) is 14.2. The lowest BCUT2D eigenvalue weighted by molar-refractivity contribution is -0.0783. The third kappa shape index (κ3) is 3.11. The van der Waals surface area contributed by atoms with Crippen molar-refractivity contribution in [1.82, 2.24) is 4.90 Å². The SMILES string of the molecule is CC(C)(C)OC(=O)N1CCO[C@@H]2Cc3c(ccc(C=O)c3O)C[C@H]21. The predicted octanol–water partition coefficient (Wildman–Crippen LogP) is 2.31. The molecule has 130 valence electrons. The number of hydrogen-bond donors (Lipinski definition) is 1. The highest BCUT2D eigenvalue weighted by atomic mass is 16.6. The molecule has 2 atom stereocenters. The highest BCUT2D eigenvalue weighted by Crippen LogP contribution is 2.35. The minimum Gasteiger partial charge on any atom is -0.507 e. The van der Waals surface area contributed by atoms with Crippen LogP contribution in [0.5, 0.6) is 5.75 Å². The first kappa shape index (κ1) is 16.8. The van der Waals surface area contributed by atoms with Gasteiger partial charge in [-0.2, -0.15) is 0 Å². The molecule has 0 saturated carbocycles. The van der Waals surface area contributed by atoms with E-state index >= 15 is 0 Å². The fourth-order valence-electron chi connectivity index (χ4n) is 3.40. The van der Waals surface area contributed by atoms with Crippen LogP contribution in [0.1, 0.15) is 42.3 Å². The number of benzene rings is 1. The number of fused-ring (bicyclic) bond motifs is 2. The molecule has 0 bridgehead atoms. The van der Waals surface area contributed by atoms with Gasteiger partial charge in [-0.3, -0.25) is 9.69 Å². The lowest BCUT2D eigenvalue weighted by Crippen LogP contribution is -2.57. The van der Waals surface area contributed by atoms with Crippen LogP contribution >= 0.6 is 0 Å². The molecule has 2 aliphatic rings. The van der Waals surface area contributed by atoms with Gasteiger partial charge in [-0.25, -0.2) is 4.79 Å². The Morgan fingerprint density at radius 3 is 2.79 bits per heavy atom. The number of nitrogens with zero attached hydrogens (tertiary/aromatic N) is 1. The third-order valence-electron chi connectivity index (χ3n) is 4.49. The summed E-state index contributed by atoms with van der Waals surface area (Å²) in [5, 5.41) is 10.3. The Morgan fingerprint density at radius 1 is 1.38 bits per heavy atom. The molecule has 1 aromatic rings. The first-order valence-corrected chi connectivity index (χ1v) is 8.20. The summed E-state index contributed by atoms with van der Waals surface area (Å²) in [5.74, 6) is 0.0268. The summed E-state index contributed by atoms with van der Waals surface area (Å²) in [4.78, 5) is 25.2. The molecule has 1 N–H and O–H groups in total. The van der Waals surface area contributed by atoms with E-state index < -0.39 is 5.60 Å². The molecule has 1 heterocycles. The van der Waals surface area contributed by atoms with Gasteiger partial charge in [0.1, 0.15) is 11.4 Å². The van der Waals surface area contributed by atoms with E-state index in [-0.39, 0.29) is 29.6 Å². The van der Waals surface area contributed by atoms with Crippen molar-refractivity contribution in [1.29, 1.82) is 0 Å².